The van der Waals surface area contributed by atoms with Crippen LogP contribution in [0.4, 0.5) is 14.9 Å². The Labute approximate surface area is 166 Å². The van der Waals surface area contributed by atoms with Crippen LogP contribution in [-0.4, -0.2) is 37.1 Å². The van der Waals surface area contributed by atoms with Gasteiger partial charge in [0.05, 0.1) is 6.04 Å². The zero-order valence-electron chi connectivity index (χ0n) is 16.5. The van der Waals surface area contributed by atoms with Crippen LogP contribution in [0.3, 0.4) is 0 Å². The van der Waals surface area contributed by atoms with Crippen LogP contribution in [0.2, 0.25) is 0 Å². The molecule has 1 aliphatic carbocycles. The summed E-state index contributed by atoms with van der Waals surface area (Å²) in [5, 5.41) is 3.15. The Morgan fingerprint density at radius 2 is 1.64 bits per heavy atom. The molecule has 1 heterocycles. The van der Waals surface area contributed by atoms with Crippen molar-refractivity contribution in [3.05, 3.63) is 65.0 Å². The van der Waals surface area contributed by atoms with Gasteiger partial charge in [-0.25, -0.2) is 9.18 Å². The molecule has 1 aliphatic heterocycles. The topological polar surface area (TPSA) is 35.6 Å². The summed E-state index contributed by atoms with van der Waals surface area (Å²) in [5.41, 5.74) is 5.09. The average molecular weight is 381 g/mol. The molecular weight excluding hydrogens is 353 g/mol. The molecule has 0 bridgehead atoms. The molecule has 148 valence electrons. The lowest BCUT2D eigenvalue weighted by molar-refractivity contribution is 0.191. The zero-order chi connectivity index (χ0) is 19.5. The largest absolute Gasteiger partial charge is 0.368 e. The number of piperazine rings is 1. The van der Waals surface area contributed by atoms with E-state index in [0.717, 1.165) is 25.2 Å². The number of hydrogen-bond acceptors (Lipinski definition) is 2. The number of carbonyl (C=O) groups excluding carboxylic acids is 1. The number of fused-ring (bicyclic) bond motifs is 1. The van der Waals surface area contributed by atoms with Crippen molar-refractivity contribution < 1.29 is 9.18 Å². The third-order valence-electron chi connectivity index (χ3n) is 5.97. The molecule has 0 aromatic heterocycles. The SMILES string of the molecule is CC(NC(=O)N1CCN(c2ccc(F)cc2)CC1)c1ccc2c(c1)CCCC2. The molecule has 0 saturated carbocycles. The number of rotatable bonds is 3. The molecule has 0 spiro atoms. The number of urea groups is 1. The van der Waals surface area contributed by atoms with Crippen molar-refractivity contribution in [2.75, 3.05) is 31.1 Å². The highest BCUT2D eigenvalue weighted by Crippen LogP contribution is 2.25. The average Bonchev–Trinajstić information content (AvgIpc) is 2.74. The number of carbonyl (C=O) groups is 1. The predicted octanol–water partition coefficient (Wildman–Crippen LogP) is 4.30. The van der Waals surface area contributed by atoms with Crippen molar-refractivity contribution in [2.24, 2.45) is 0 Å². The van der Waals surface area contributed by atoms with Gasteiger partial charge in [-0.15, -0.1) is 0 Å². The van der Waals surface area contributed by atoms with Gasteiger partial charge < -0.3 is 15.1 Å². The molecule has 1 atom stereocenters. The van der Waals surface area contributed by atoms with E-state index < -0.39 is 0 Å². The summed E-state index contributed by atoms with van der Waals surface area (Å²) in [6.07, 6.45) is 4.86. The number of halogens is 1. The Bertz CT molecular complexity index is 828. The summed E-state index contributed by atoms with van der Waals surface area (Å²) in [5.74, 6) is -0.224. The molecule has 0 radical (unpaired) electrons. The van der Waals surface area contributed by atoms with Crippen molar-refractivity contribution in [2.45, 2.75) is 38.6 Å². The van der Waals surface area contributed by atoms with Crippen molar-refractivity contribution in [1.82, 2.24) is 10.2 Å². The number of benzene rings is 2. The molecule has 2 aromatic carbocycles. The van der Waals surface area contributed by atoms with Crippen molar-refractivity contribution in [3.8, 4) is 0 Å². The van der Waals surface area contributed by atoms with Crippen molar-refractivity contribution in [3.63, 3.8) is 0 Å². The summed E-state index contributed by atoms with van der Waals surface area (Å²) in [6, 6.07) is 13.2. The van der Waals surface area contributed by atoms with Gasteiger partial charge in [-0.1, -0.05) is 18.2 Å². The van der Waals surface area contributed by atoms with Gasteiger partial charge in [-0.3, -0.25) is 0 Å². The maximum atomic E-state index is 13.1. The smallest absolute Gasteiger partial charge is 0.317 e. The third-order valence-corrected chi connectivity index (χ3v) is 5.97. The van der Waals surface area contributed by atoms with Gasteiger partial charge in [0.15, 0.2) is 0 Å². The number of nitrogens with one attached hydrogen (secondary N) is 1. The number of nitrogens with zero attached hydrogens (tertiary/aromatic N) is 2. The molecule has 2 aromatic rings. The Kier molecular flexibility index (Phi) is 5.51. The van der Waals surface area contributed by atoms with E-state index in [4.69, 9.17) is 0 Å². The van der Waals surface area contributed by atoms with E-state index in [1.165, 1.54) is 48.1 Å². The van der Waals surface area contributed by atoms with Gasteiger partial charge >= 0.3 is 6.03 Å². The van der Waals surface area contributed by atoms with E-state index in [1.54, 1.807) is 12.1 Å². The molecule has 28 heavy (non-hydrogen) atoms. The Morgan fingerprint density at radius 1 is 0.964 bits per heavy atom. The van der Waals surface area contributed by atoms with E-state index in [1.807, 2.05) is 4.90 Å². The van der Waals surface area contributed by atoms with E-state index in [0.29, 0.717) is 13.1 Å². The number of aryl methyl sites for hydroxylation is 2. The fourth-order valence-electron chi connectivity index (χ4n) is 4.20. The van der Waals surface area contributed by atoms with Gasteiger partial charge in [0.25, 0.3) is 0 Å². The fraction of sp³-hybridized carbons (Fsp3) is 0.435. The molecule has 1 unspecified atom stereocenters. The Morgan fingerprint density at radius 3 is 2.36 bits per heavy atom. The zero-order valence-corrected chi connectivity index (χ0v) is 16.5. The standard InChI is InChI=1S/C23H28FN3O/c1-17(19-7-6-18-4-2-3-5-20(18)16-19)25-23(28)27-14-12-26(13-15-27)22-10-8-21(24)9-11-22/h6-11,16-17H,2-5,12-15H2,1H3,(H,25,28). The van der Waals surface area contributed by atoms with Crippen LogP contribution in [0, 0.1) is 5.82 Å². The first kappa shape index (κ1) is 18.8. The maximum Gasteiger partial charge on any atom is 0.317 e. The lowest BCUT2D eigenvalue weighted by Gasteiger charge is -2.36. The summed E-state index contributed by atoms with van der Waals surface area (Å²) < 4.78 is 13.1. The molecule has 5 heteroatoms. The Balaban J connectivity index is 1.32. The van der Waals surface area contributed by atoms with Gasteiger partial charge in [0.2, 0.25) is 0 Å². The first-order valence-electron chi connectivity index (χ1n) is 10.3. The Hall–Kier alpha value is -2.56. The predicted molar refractivity (Wildman–Crippen MR) is 110 cm³/mol. The van der Waals surface area contributed by atoms with Crippen LogP contribution < -0.4 is 10.2 Å². The summed E-state index contributed by atoms with van der Waals surface area (Å²) >= 11 is 0. The molecular formula is C23H28FN3O. The maximum absolute atomic E-state index is 13.1. The van der Waals surface area contributed by atoms with E-state index in [2.05, 4.69) is 35.3 Å². The molecule has 4 rings (SSSR count). The van der Waals surface area contributed by atoms with Crippen LogP contribution in [0.15, 0.2) is 42.5 Å². The van der Waals surface area contributed by atoms with Gasteiger partial charge in [0.1, 0.15) is 5.82 Å². The monoisotopic (exact) mass is 381 g/mol. The molecule has 4 nitrogen and oxygen atoms in total. The van der Waals surface area contributed by atoms with E-state index >= 15 is 0 Å². The third kappa shape index (κ3) is 4.13. The van der Waals surface area contributed by atoms with Crippen LogP contribution in [0.5, 0.6) is 0 Å². The van der Waals surface area contributed by atoms with Crippen LogP contribution in [-0.2, 0) is 12.8 Å². The molecule has 1 N–H and O–H groups in total. The van der Waals surface area contributed by atoms with Gasteiger partial charge in [-0.05, 0) is 73.6 Å². The first-order valence-corrected chi connectivity index (χ1v) is 10.3. The minimum atomic E-state index is -0.224. The van der Waals surface area contributed by atoms with E-state index in [9.17, 15) is 9.18 Å². The van der Waals surface area contributed by atoms with Crippen molar-refractivity contribution >= 4 is 11.7 Å². The van der Waals surface area contributed by atoms with Crippen LogP contribution in [0.1, 0.15) is 42.5 Å². The second-order valence-corrected chi connectivity index (χ2v) is 7.86. The highest BCUT2D eigenvalue weighted by molar-refractivity contribution is 5.75. The summed E-state index contributed by atoms with van der Waals surface area (Å²) in [6.45, 7) is 4.90. The normalized spacial score (nSPS) is 17.8. The first-order chi connectivity index (χ1) is 13.6. The number of amides is 2. The second kappa shape index (κ2) is 8.21. The van der Waals surface area contributed by atoms with Crippen molar-refractivity contribution in [1.29, 1.82) is 0 Å². The quantitative estimate of drug-likeness (QED) is 0.861. The van der Waals surface area contributed by atoms with Crippen LogP contribution >= 0.6 is 0 Å². The van der Waals surface area contributed by atoms with Gasteiger partial charge in [0, 0.05) is 31.9 Å². The number of anilines is 1. The molecule has 2 aliphatic rings. The molecule has 1 fully saturated rings. The minimum Gasteiger partial charge on any atom is -0.368 e. The summed E-state index contributed by atoms with van der Waals surface area (Å²) in [7, 11) is 0. The highest BCUT2D eigenvalue weighted by Gasteiger charge is 2.23. The lowest BCUT2D eigenvalue weighted by Crippen LogP contribution is -2.52. The van der Waals surface area contributed by atoms with Gasteiger partial charge in [-0.2, -0.15) is 0 Å². The minimum absolute atomic E-state index is 0.00476. The van der Waals surface area contributed by atoms with E-state index in [-0.39, 0.29) is 17.9 Å². The number of hydrogen-bond donors (Lipinski definition) is 1. The van der Waals surface area contributed by atoms with Crippen LogP contribution in [0.25, 0.3) is 0 Å². The fourth-order valence-corrected chi connectivity index (χ4v) is 4.20. The molecule has 1 saturated heterocycles. The highest BCUT2D eigenvalue weighted by atomic mass is 19.1. The second-order valence-electron chi connectivity index (χ2n) is 7.86. The lowest BCUT2D eigenvalue weighted by atomic mass is 9.89. The summed E-state index contributed by atoms with van der Waals surface area (Å²) in [4.78, 5) is 16.8. The molecule has 2 amide bonds.